The molecular weight excluding hydrogens is 228 g/mol. The van der Waals surface area contributed by atoms with Crippen molar-refractivity contribution in [2.45, 2.75) is 26.9 Å². The van der Waals surface area contributed by atoms with Crippen LogP contribution in [0, 0.1) is 5.92 Å². The molecule has 3 heteroatoms. The molecule has 98 valence electrons. The summed E-state index contributed by atoms with van der Waals surface area (Å²) in [5, 5.41) is 10.3. The van der Waals surface area contributed by atoms with Gasteiger partial charge in [0.2, 0.25) is 0 Å². The highest BCUT2D eigenvalue weighted by molar-refractivity contribution is 5.89. The number of benzene rings is 1. The Morgan fingerprint density at radius 2 is 1.94 bits per heavy atom. The highest BCUT2D eigenvalue weighted by atomic mass is 16.5. The predicted molar refractivity (Wildman–Crippen MR) is 71.0 cm³/mol. The zero-order valence-corrected chi connectivity index (χ0v) is 11.1. The van der Waals surface area contributed by atoms with Crippen LogP contribution in [0.1, 0.15) is 32.4 Å². The summed E-state index contributed by atoms with van der Waals surface area (Å²) in [6.07, 6.45) is 0.808. The number of aliphatic hydroxyl groups is 1. The third kappa shape index (κ3) is 4.00. The van der Waals surface area contributed by atoms with E-state index in [4.69, 9.17) is 4.74 Å². The molecule has 0 spiro atoms. The first kappa shape index (κ1) is 14.5. The molecular formula is C15H20O3. The lowest BCUT2D eigenvalue weighted by Gasteiger charge is -2.15. The largest absolute Gasteiger partial charge is 0.463 e. The zero-order chi connectivity index (χ0) is 13.5. The van der Waals surface area contributed by atoms with Crippen molar-refractivity contribution in [3.63, 3.8) is 0 Å². The number of rotatable bonds is 5. The lowest BCUT2D eigenvalue weighted by atomic mass is 9.98. The Kier molecular flexibility index (Phi) is 5.59. The van der Waals surface area contributed by atoms with Gasteiger partial charge in [-0.15, -0.1) is 0 Å². The molecule has 1 atom stereocenters. The van der Waals surface area contributed by atoms with Gasteiger partial charge in [0.25, 0.3) is 0 Å². The van der Waals surface area contributed by atoms with Crippen molar-refractivity contribution < 1.29 is 14.6 Å². The third-order valence-corrected chi connectivity index (χ3v) is 2.43. The molecule has 0 fully saturated rings. The summed E-state index contributed by atoms with van der Waals surface area (Å²) in [5.74, 6) is -0.287. The fraction of sp³-hybridized carbons (Fsp3) is 0.400. The van der Waals surface area contributed by atoms with E-state index in [1.54, 1.807) is 25.1 Å². The molecule has 1 N–H and O–H groups in total. The molecule has 0 bridgehead atoms. The number of hydrogen-bond donors (Lipinski definition) is 1. The minimum Gasteiger partial charge on any atom is -0.463 e. The number of carbonyl (C=O) groups excluding carboxylic acids is 1. The zero-order valence-electron chi connectivity index (χ0n) is 11.1. The normalized spacial score (nSPS) is 13.5. The summed E-state index contributed by atoms with van der Waals surface area (Å²) >= 11 is 0. The number of hydrogen-bond acceptors (Lipinski definition) is 3. The summed E-state index contributed by atoms with van der Waals surface area (Å²) in [4.78, 5) is 11.8. The highest BCUT2D eigenvalue weighted by Crippen LogP contribution is 2.23. The molecule has 0 aliphatic carbocycles. The number of allylic oxidation sites excluding steroid dienone is 1. The quantitative estimate of drug-likeness (QED) is 0.644. The van der Waals surface area contributed by atoms with Crippen LogP contribution in [0.3, 0.4) is 0 Å². The van der Waals surface area contributed by atoms with Crippen molar-refractivity contribution in [2.24, 2.45) is 5.92 Å². The Hall–Kier alpha value is -1.61. The summed E-state index contributed by atoms with van der Waals surface area (Å²) in [6, 6.07) is 9.11. The molecule has 3 nitrogen and oxygen atoms in total. The van der Waals surface area contributed by atoms with Crippen LogP contribution in [-0.4, -0.2) is 17.7 Å². The van der Waals surface area contributed by atoms with Crippen molar-refractivity contribution in [1.82, 2.24) is 0 Å². The lowest BCUT2D eigenvalue weighted by molar-refractivity contribution is -0.139. The fourth-order valence-corrected chi connectivity index (χ4v) is 1.66. The molecule has 0 aliphatic heterocycles. The van der Waals surface area contributed by atoms with Crippen molar-refractivity contribution in [3.8, 4) is 0 Å². The van der Waals surface area contributed by atoms with Gasteiger partial charge < -0.3 is 9.84 Å². The second kappa shape index (κ2) is 6.97. The monoisotopic (exact) mass is 248 g/mol. The Morgan fingerprint density at radius 3 is 2.44 bits per heavy atom. The lowest BCUT2D eigenvalue weighted by Crippen LogP contribution is -2.15. The molecule has 0 heterocycles. The Labute approximate surface area is 108 Å². The maximum absolute atomic E-state index is 11.8. The van der Waals surface area contributed by atoms with Crippen LogP contribution >= 0.6 is 0 Å². The topological polar surface area (TPSA) is 46.5 Å². The Morgan fingerprint density at radius 1 is 1.33 bits per heavy atom. The standard InChI is InChI=1S/C15H20O3/c1-4-18-15(17)13(10-11(2)3)14(16)12-8-6-5-7-9-12/h5-11,14,16H,4H2,1-3H3/b13-10-. The van der Waals surface area contributed by atoms with Gasteiger partial charge in [-0.1, -0.05) is 50.3 Å². The molecule has 0 saturated heterocycles. The average Bonchev–Trinajstić information content (AvgIpc) is 2.36. The predicted octanol–water partition coefficient (Wildman–Crippen LogP) is 2.87. The first-order chi connectivity index (χ1) is 8.56. The van der Waals surface area contributed by atoms with Crippen molar-refractivity contribution >= 4 is 5.97 Å². The van der Waals surface area contributed by atoms with Gasteiger partial charge in [0.05, 0.1) is 12.2 Å². The summed E-state index contributed by atoms with van der Waals surface area (Å²) in [7, 11) is 0. The van der Waals surface area contributed by atoms with Gasteiger partial charge in [-0.2, -0.15) is 0 Å². The van der Waals surface area contributed by atoms with Gasteiger partial charge in [0.15, 0.2) is 0 Å². The van der Waals surface area contributed by atoms with E-state index in [9.17, 15) is 9.90 Å². The van der Waals surface area contributed by atoms with Gasteiger partial charge in [-0.05, 0) is 18.4 Å². The molecule has 18 heavy (non-hydrogen) atoms. The SMILES string of the molecule is CCOC(=O)/C(=C\C(C)C)C(O)c1ccccc1. The van der Waals surface area contributed by atoms with Crippen LogP contribution in [0.25, 0.3) is 0 Å². The molecule has 1 aromatic rings. The van der Waals surface area contributed by atoms with Gasteiger partial charge >= 0.3 is 5.97 Å². The molecule has 0 radical (unpaired) electrons. The van der Waals surface area contributed by atoms with Crippen LogP contribution < -0.4 is 0 Å². The first-order valence-electron chi connectivity index (χ1n) is 6.18. The van der Waals surface area contributed by atoms with E-state index in [2.05, 4.69) is 0 Å². The summed E-state index contributed by atoms with van der Waals surface area (Å²) < 4.78 is 4.98. The van der Waals surface area contributed by atoms with Crippen molar-refractivity contribution in [2.75, 3.05) is 6.61 Å². The average molecular weight is 248 g/mol. The smallest absolute Gasteiger partial charge is 0.336 e. The van der Waals surface area contributed by atoms with Crippen molar-refractivity contribution in [3.05, 3.63) is 47.5 Å². The van der Waals surface area contributed by atoms with Crippen LogP contribution in [0.15, 0.2) is 42.0 Å². The van der Waals surface area contributed by atoms with Gasteiger partial charge in [0.1, 0.15) is 6.10 Å². The molecule has 1 aromatic carbocycles. The molecule has 0 aromatic heterocycles. The minimum atomic E-state index is -0.937. The summed E-state index contributed by atoms with van der Waals surface area (Å²) in [5.41, 5.74) is 0.996. The second-order valence-electron chi connectivity index (χ2n) is 4.40. The third-order valence-electron chi connectivity index (χ3n) is 2.43. The maximum atomic E-state index is 11.8. The fourth-order valence-electron chi connectivity index (χ4n) is 1.66. The molecule has 0 saturated carbocycles. The van der Waals surface area contributed by atoms with Crippen LogP contribution in [0.2, 0.25) is 0 Å². The van der Waals surface area contributed by atoms with Gasteiger partial charge in [0, 0.05) is 0 Å². The number of carbonyl (C=O) groups is 1. The highest BCUT2D eigenvalue weighted by Gasteiger charge is 2.21. The second-order valence-corrected chi connectivity index (χ2v) is 4.40. The molecule has 1 rings (SSSR count). The Bertz CT molecular complexity index is 407. The van der Waals surface area contributed by atoms with Crippen LogP contribution in [0.4, 0.5) is 0 Å². The van der Waals surface area contributed by atoms with E-state index in [-0.39, 0.29) is 5.92 Å². The number of ether oxygens (including phenoxy) is 1. The van der Waals surface area contributed by atoms with Crippen LogP contribution in [0.5, 0.6) is 0 Å². The van der Waals surface area contributed by atoms with E-state index in [0.29, 0.717) is 17.7 Å². The minimum absolute atomic E-state index is 0.169. The van der Waals surface area contributed by atoms with E-state index in [0.717, 1.165) is 0 Å². The first-order valence-corrected chi connectivity index (χ1v) is 6.18. The van der Waals surface area contributed by atoms with Crippen LogP contribution in [-0.2, 0) is 9.53 Å². The maximum Gasteiger partial charge on any atom is 0.336 e. The van der Waals surface area contributed by atoms with E-state index < -0.39 is 12.1 Å². The Balaban J connectivity index is 3.00. The van der Waals surface area contributed by atoms with Crippen molar-refractivity contribution in [1.29, 1.82) is 0 Å². The number of aliphatic hydroxyl groups excluding tert-OH is 1. The summed E-state index contributed by atoms with van der Waals surface area (Å²) in [6.45, 7) is 5.96. The van der Waals surface area contributed by atoms with E-state index in [1.165, 1.54) is 0 Å². The molecule has 0 aliphatic rings. The molecule has 1 unspecified atom stereocenters. The van der Waals surface area contributed by atoms with E-state index >= 15 is 0 Å². The number of esters is 1. The molecule has 0 amide bonds. The van der Waals surface area contributed by atoms with Gasteiger partial charge in [-0.25, -0.2) is 4.79 Å². The van der Waals surface area contributed by atoms with Gasteiger partial charge in [-0.3, -0.25) is 0 Å². The van der Waals surface area contributed by atoms with E-state index in [1.807, 2.05) is 32.0 Å².